The van der Waals surface area contributed by atoms with Gasteiger partial charge in [-0.2, -0.15) is 0 Å². The smallest absolute Gasteiger partial charge is 0.338 e. The number of hydrogen-bond acceptors (Lipinski definition) is 4. The molecule has 0 atom stereocenters. The molecule has 1 aliphatic heterocycles. The van der Waals surface area contributed by atoms with E-state index in [1.165, 1.54) is 18.5 Å². The first-order valence-electron chi connectivity index (χ1n) is 9.26. The molecule has 1 aromatic heterocycles. The number of anilines is 1. The second-order valence-corrected chi connectivity index (χ2v) is 6.67. The number of imidazole rings is 1. The molecule has 3 aromatic rings. The van der Waals surface area contributed by atoms with Gasteiger partial charge in [0.1, 0.15) is 6.33 Å². The van der Waals surface area contributed by atoms with Crippen molar-refractivity contribution in [1.29, 1.82) is 0 Å². The van der Waals surface area contributed by atoms with Crippen molar-refractivity contribution in [3.63, 3.8) is 0 Å². The number of benzene rings is 2. The van der Waals surface area contributed by atoms with Crippen LogP contribution in [0.15, 0.2) is 48.8 Å². The van der Waals surface area contributed by atoms with E-state index in [9.17, 15) is 4.79 Å². The third-order valence-electron chi connectivity index (χ3n) is 4.80. The normalized spacial score (nSPS) is 14.1. The van der Waals surface area contributed by atoms with Gasteiger partial charge in [-0.05, 0) is 55.7 Å². The van der Waals surface area contributed by atoms with Crippen LogP contribution in [0.1, 0.15) is 36.5 Å². The summed E-state index contributed by atoms with van der Waals surface area (Å²) in [5.74, 6) is -0.292. The lowest BCUT2D eigenvalue weighted by Gasteiger charge is -2.18. The molecule has 1 fully saturated rings. The molecule has 4 rings (SSSR count). The zero-order valence-corrected chi connectivity index (χ0v) is 15.0. The summed E-state index contributed by atoms with van der Waals surface area (Å²) in [5, 5.41) is 0. The SMILES string of the molecule is CCCOC(=O)c1ccc2c(c1)ncn2-c1cccc(N2CCCC2)c1. The molecule has 0 amide bonds. The number of fused-ring (bicyclic) bond motifs is 1. The van der Waals surface area contributed by atoms with E-state index in [1.807, 2.05) is 25.4 Å². The number of nitrogens with zero attached hydrogens (tertiary/aromatic N) is 3. The third-order valence-corrected chi connectivity index (χ3v) is 4.80. The highest BCUT2D eigenvalue weighted by molar-refractivity contribution is 5.94. The molecule has 5 nitrogen and oxygen atoms in total. The summed E-state index contributed by atoms with van der Waals surface area (Å²) in [5.41, 5.74) is 4.65. The Hall–Kier alpha value is -2.82. The number of hydrogen-bond donors (Lipinski definition) is 0. The van der Waals surface area contributed by atoms with E-state index < -0.39 is 0 Å². The first kappa shape index (κ1) is 16.6. The van der Waals surface area contributed by atoms with Crippen molar-refractivity contribution in [2.75, 3.05) is 24.6 Å². The van der Waals surface area contributed by atoms with E-state index in [0.717, 1.165) is 36.2 Å². The first-order valence-corrected chi connectivity index (χ1v) is 9.26. The van der Waals surface area contributed by atoms with Crippen molar-refractivity contribution in [3.8, 4) is 5.69 Å². The van der Waals surface area contributed by atoms with Crippen LogP contribution in [0.25, 0.3) is 16.7 Å². The Bertz CT molecular complexity index is 926. The molecule has 0 spiro atoms. The highest BCUT2D eigenvalue weighted by Gasteiger charge is 2.14. The first-order chi connectivity index (χ1) is 12.8. The maximum absolute atomic E-state index is 12.1. The van der Waals surface area contributed by atoms with Crippen LogP contribution in [0, 0.1) is 0 Å². The van der Waals surface area contributed by atoms with Crippen LogP contribution in [0.3, 0.4) is 0 Å². The summed E-state index contributed by atoms with van der Waals surface area (Å²) in [6.45, 7) is 4.66. The van der Waals surface area contributed by atoms with E-state index in [4.69, 9.17) is 4.74 Å². The fraction of sp³-hybridized carbons (Fsp3) is 0.333. The van der Waals surface area contributed by atoms with Crippen LogP contribution in [-0.4, -0.2) is 35.2 Å². The van der Waals surface area contributed by atoms with E-state index >= 15 is 0 Å². The standard InChI is InChI=1S/C21H23N3O2/c1-2-12-26-21(25)16-8-9-20-19(13-16)22-15-24(20)18-7-5-6-17(14-18)23-10-3-4-11-23/h5-9,13-15H,2-4,10-12H2,1H3. The lowest BCUT2D eigenvalue weighted by Crippen LogP contribution is -2.17. The molecule has 0 N–H and O–H groups in total. The van der Waals surface area contributed by atoms with Crippen molar-refractivity contribution in [3.05, 3.63) is 54.4 Å². The van der Waals surface area contributed by atoms with E-state index in [1.54, 1.807) is 6.07 Å². The van der Waals surface area contributed by atoms with E-state index in [0.29, 0.717) is 12.2 Å². The van der Waals surface area contributed by atoms with Crippen LogP contribution < -0.4 is 4.90 Å². The summed E-state index contributed by atoms with van der Waals surface area (Å²) in [7, 11) is 0. The minimum Gasteiger partial charge on any atom is -0.462 e. The molecular weight excluding hydrogens is 326 g/mol. The Balaban J connectivity index is 1.65. The maximum atomic E-state index is 12.1. The molecule has 1 aliphatic rings. The topological polar surface area (TPSA) is 47.4 Å². The minimum absolute atomic E-state index is 0.292. The monoisotopic (exact) mass is 349 g/mol. The van der Waals surface area contributed by atoms with Crippen molar-refractivity contribution in [2.45, 2.75) is 26.2 Å². The largest absolute Gasteiger partial charge is 0.462 e. The lowest BCUT2D eigenvalue weighted by molar-refractivity contribution is 0.0505. The summed E-state index contributed by atoms with van der Waals surface area (Å²) < 4.78 is 7.28. The second-order valence-electron chi connectivity index (χ2n) is 6.67. The molecule has 2 heterocycles. The molecule has 0 radical (unpaired) electrons. The summed E-state index contributed by atoms with van der Waals surface area (Å²) in [4.78, 5) is 19.0. The van der Waals surface area contributed by atoms with Crippen molar-refractivity contribution in [2.24, 2.45) is 0 Å². The number of rotatable bonds is 5. The van der Waals surface area contributed by atoms with Gasteiger partial charge in [-0.15, -0.1) is 0 Å². The van der Waals surface area contributed by atoms with Gasteiger partial charge in [-0.1, -0.05) is 13.0 Å². The van der Waals surface area contributed by atoms with Gasteiger partial charge in [0.05, 0.1) is 23.2 Å². The van der Waals surface area contributed by atoms with E-state index in [2.05, 4.69) is 38.7 Å². The Labute approximate surface area is 153 Å². The predicted octanol–water partition coefficient (Wildman–Crippen LogP) is 4.19. The summed E-state index contributed by atoms with van der Waals surface area (Å²) >= 11 is 0. The van der Waals surface area contributed by atoms with Crippen molar-refractivity contribution >= 4 is 22.7 Å². The van der Waals surface area contributed by atoms with Gasteiger partial charge >= 0.3 is 5.97 Å². The number of carbonyl (C=O) groups excluding carboxylic acids is 1. The molecule has 0 unspecified atom stereocenters. The van der Waals surface area contributed by atoms with Gasteiger partial charge in [0.15, 0.2) is 0 Å². The van der Waals surface area contributed by atoms with Crippen LogP contribution in [0.2, 0.25) is 0 Å². The molecule has 2 aromatic carbocycles. The molecule has 5 heteroatoms. The molecule has 134 valence electrons. The Morgan fingerprint density at radius 3 is 2.73 bits per heavy atom. The second kappa shape index (κ2) is 7.20. The zero-order valence-electron chi connectivity index (χ0n) is 15.0. The van der Waals surface area contributed by atoms with Crippen LogP contribution >= 0.6 is 0 Å². The fourth-order valence-corrected chi connectivity index (χ4v) is 3.44. The molecule has 26 heavy (non-hydrogen) atoms. The highest BCUT2D eigenvalue weighted by Crippen LogP contribution is 2.25. The predicted molar refractivity (Wildman–Crippen MR) is 103 cm³/mol. The average Bonchev–Trinajstić information content (AvgIpc) is 3.35. The maximum Gasteiger partial charge on any atom is 0.338 e. The Kier molecular flexibility index (Phi) is 4.61. The van der Waals surface area contributed by atoms with E-state index in [-0.39, 0.29) is 5.97 Å². The van der Waals surface area contributed by atoms with Gasteiger partial charge in [0.2, 0.25) is 0 Å². The quantitative estimate of drug-likeness (QED) is 0.648. The molecule has 0 saturated carbocycles. The van der Waals surface area contributed by atoms with Crippen LogP contribution in [-0.2, 0) is 4.74 Å². The number of ether oxygens (including phenoxy) is 1. The number of aromatic nitrogens is 2. The van der Waals surface area contributed by atoms with Crippen LogP contribution in [0.5, 0.6) is 0 Å². The molecular formula is C21H23N3O2. The lowest BCUT2D eigenvalue weighted by atomic mass is 10.2. The third kappa shape index (κ3) is 3.17. The van der Waals surface area contributed by atoms with Crippen molar-refractivity contribution in [1.82, 2.24) is 9.55 Å². The summed E-state index contributed by atoms with van der Waals surface area (Å²) in [6, 6.07) is 14.1. The van der Waals surface area contributed by atoms with Gasteiger partial charge < -0.3 is 9.64 Å². The zero-order chi connectivity index (χ0) is 17.9. The summed E-state index contributed by atoms with van der Waals surface area (Å²) in [6.07, 6.45) is 5.15. The minimum atomic E-state index is -0.292. The number of esters is 1. The molecule has 0 aliphatic carbocycles. The van der Waals surface area contributed by atoms with Crippen molar-refractivity contribution < 1.29 is 9.53 Å². The van der Waals surface area contributed by atoms with Gasteiger partial charge in [-0.3, -0.25) is 4.57 Å². The fourth-order valence-electron chi connectivity index (χ4n) is 3.44. The molecule has 0 bridgehead atoms. The van der Waals surface area contributed by atoms with Crippen LogP contribution in [0.4, 0.5) is 5.69 Å². The van der Waals surface area contributed by atoms with Gasteiger partial charge in [0.25, 0.3) is 0 Å². The molecule has 1 saturated heterocycles. The van der Waals surface area contributed by atoms with Gasteiger partial charge in [0, 0.05) is 24.5 Å². The van der Waals surface area contributed by atoms with Gasteiger partial charge in [-0.25, -0.2) is 9.78 Å². The number of carbonyl (C=O) groups is 1. The Morgan fingerprint density at radius 2 is 1.92 bits per heavy atom. The Morgan fingerprint density at radius 1 is 1.12 bits per heavy atom. The average molecular weight is 349 g/mol. The highest BCUT2D eigenvalue weighted by atomic mass is 16.5.